The minimum Gasteiger partial charge on any atom is -0.444 e. The van der Waals surface area contributed by atoms with Crippen molar-refractivity contribution in [2.24, 2.45) is 0 Å². The molecule has 2 amide bonds. The van der Waals surface area contributed by atoms with E-state index in [0.29, 0.717) is 13.1 Å². The smallest absolute Gasteiger partial charge is 0.410 e. The van der Waals surface area contributed by atoms with E-state index in [9.17, 15) is 9.59 Å². The SMILES string of the molecule is CC(C)(C)OC(=O)N1CCC[C@@H](N2CCC[C@@H](Nc3ccccc3)C2=O)C1. The minimum absolute atomic E-state index is 0.0686. The van der Waals surface area contributed by atoms with E-state index in [1.807, 2.05) is 56.0 Å². The second kappa shape index (κ2) is 8.19. The van der Waals surface area contributed by atoms with Crippen LogP contribution >= 0.6 is 0 Å². The van der Waals surface area contributed by atoms with Gasteiger partial charge in [-0.3, -0.25) is 4.79 Å². The molecule has 0 aliphatic carbocycles. The van der Waals surface area contributed by atoms with Crippen molar-refractivity contribution < 1.29 is 14.3 Å². The van der Waals surface area contributed by atoms with Gasteiger partial charge in [0.1, 0.15) is 11.6 Å². The normalized spacial score (nSPS) is 23.9. The highest BCUT2D eigenvalue weighted by Gasteiger charge is 2.36. The number of hydrogen-bond acceptors (Lipinski definition) is 4. The van der Waals surface area contributed by atoms with Crippen molar-refractivity contribution in [2.75, 3.05) is 25.0 Å². The van der Waals surface area contributed by atoms with Gasteiger partial charge in [0.05, 0.1) is 0 Å². The lowest BCUT2D eigenvalue weighted by molar-refractivity contribution is -0.138. The number of carbonyl (C=O) groups excluding carboxylic acids is 2. The molecule has 2 atom stereocenters. The summed E-state index contributed by atoms with van der Waals surface area (Å²) < 4.78 is 5.51. The molecule has 2 aliphatic heterocycles. The van der Waals surface area contributed by atoms with Gasteiger partial charge in [-0.2, -0.15) is 0 Å². The zero-order chi connectivity index (χ0) is 19.4. The molecule has 3 rings (SSSR count). The summed E-state index contributed by atoms with van der Waals surface area (Å²) in [5.41, 5.74) is 0.465. The standard InChI is InChI=1S/C21H31N3O3/c1-21(2,3)27-20(26)23-13-7-11-17(15-23)24-14-8-12-18(19(24)25)22-16-9-5-4-6-10-16/h4-6,9-10,17-18,22H,7-8,11-15H2,1-3H3/t17-,18-/m1/s1. The van der Waals surface area contributed by atoms with Gasteiger partial charge in [-0.1, -0.05) is 18.2 Å². The summed E-state index contributed by atoms with van der Waals surface area (Å²) in [6.07, 6.45) is 3.36. The topological polar surface area (TPSA) is 61.9 Å². The number of para-hydroxylation sites is 1. The first-order valence-corrected chi connectivity index (χ1v) is 9.93. The number of rotatable bonds is 3. The van der Waals surface area contributed by atoms with Crippen molar-refractivity contribution >= 4 is 17.7 Å². The zero-order valence-electron chi connectivity index (χ0n) is 16.6. The van der Waals surface area contributed by atoms with E-state index in [2.05, 4.69) is 5.32 Å². The molecule has 0 saturated carbocycles. The lowest BCUT2D eigenvalue weighted by atomic mass is 9.98. The summed E-state index contributed by atoms with van der Waals surface area (Å²) in [6, 6.07) is 9.74. The number of piperidine rings is 2. The third kappa shape index (κ3) is 5.15. The van der Waals surface area contributed by atoms with Crippen molar-refractivity contribution in [3.63, 3.8) is 0 Å². The molecule has 2 fully saturated rings. The number of nitrogens with one attached hydrogen (secondary N) is 1. The third-order valence-corrected chi connectivity index (χ3v) is 5.08. The van der Waals surface area contributed by atoms with Crippen LogP contribution in [0.4, 0.5) is 10.5 Å². The molecule has 0 aromatic heterocycles. The minimum atomic E-state index is -0.504. The van der Waals surface area contributed by atoms with Crippen LogP contribution in [0.3, 0.4) is 0 Å². The summed E-state index contributed by atoms with van der Waals surface area (Å²) in [6.45, 7) is 7.64. The number of hydrogen-bond donors (Lipinski definition) is 1. The Morgan fingerprint density at radius 2 is 1.81 bits per heavy atom. The van der Waals surface area contributed by atoms with Crippen molar-refractivity contribution in [3.8, 4) is 0 Å². The van der Waals surface area contributed by atoms with E-state index in [-0.39, 0.29) is 24.1 Å². The van der Waals surface area contributed by atoms with E-state index in [0.717, 1.165) is 37.9 Å². The van der Waals surface area contributed by atoms with Crippen molar-refractivity contribution in [1.82, 2.24) is 9.80 Å². The first-order valence-electron chi connectivity index (χ1n) is 9.93. The summed E-state index contributed by atoms with van der Waals surface area (Å²) in [7, 11) is 0. The number of carbonyl (C=O) groups is 2. The number of anilines is 1. The Kier molecular flexibility index (Phi) is 5.92. The van der Waals surface area contributed by atoms with Crippen molar-refractivity contribution in [2.45, 2.75) is 64.1 Å². The molecular weight excluding hydrogens is 342 g/mol. The molecule has 1 aromatic carbocycles. The summed E-state index contributed by atoms with van der Waals surface area (Å²) in [5, 5.41) is 3.37. The van der Waals surface area contributed by atoms with Crippen molar-refractivity contribution in [1.29, 1.82) is 0 Å². The lowest BCUT2D eigenvalue weighted by Crippen LogP contribution is -2.57. The maximum Gasteiger partial charge on any atom is 0.410 e. The van der Waals surface area contributed by atoms with Crippen LogP contribution in [-0.4, -0.2) is 59.1 Å². The molecule has 0 unspecified atom stereocenters. The summed E-state index contributed by atoms with van der Waals surface area (Å²) in [5.74, 6) is 0.140. The van der Waals surface area contributed by atoms with Crippen LogP contribution in [0.5, 0.6) is 0 Å². The molecular formula is C21H31N3O3. The van der Waals surface area contributed by atoms with Gasteiger partial charge in [-0.25, -0.2) is 4.79 Å². The number of amides is 2. The molecule has 0 bridgehead atoms. The predicted molar refractivity (Wildman–Crippen MR) is 106 cm³/mol. The van der Waals surface area contributed by atoms with Crippen LogP contribution in [0.1, 0.15) is 46.5 Å². The Morgan fingerprint density at radius 1 is 1.11 bits per heavy atom. The molecule has 0 radical (unpaired) electrons. The van der Waals surface area contributed by atoms with Gasteiger partial charge in [0.25, 0.3) is 0 Å². The average Bonchev–Trinajstić information content (AvgIpc) is 2.63. The van der Waals surface area contributed by atoms with E-state index in [1.165, 1.54) is 0 Å². The third-order valence-electron chi connectivity index (χ3n) is 5.08. The number of likely N-dealkylation sites (tertiary alicyclic amines) is 2. The lowest BCUT2D eigenvalue weighted by Gasteiger charge is -2.43. The van der Waals surface area contributed by atoms with E-state index in [1.54, 1.807) is 4.90 Å². The van der Waals surface area contributed by atoms with E-state index in [4.69, 9.17) is 4.74 Å². The molecule has 2 aliphatic rings. The molecule has 0 spiro atoms. The van der Waals surface area contributed by atoms with Gasteiger partial charge in [-0.05, 0) is 58.6 Å². The Morgan fingerprint density at radius 3 is 2.52 bits per heavy atom. The number of nitrogens with zero attached hydrogens (tertiary/aromatic N) is 2. The summed E-state index contributed by atoms with van der Waals surface area (Å²) in [4.78, 5) is 29.2. The van der Waals surface area contributed by atoms with Crippen LogP contribution in [0.15, 0.2) is 30.3 Å². The average molecular weight is 373 g/mol. The Hall–Kier alpha value is -2.24. The second-order valence-corrected chi connectivity index (χ2v) is 8.46. The molecule has 1 aromatic rings. The summed E-state index contributed by atoms with van der Waals surface area (Å²) >= 11 is 0. The van der Waals surface area contributed by atoms with Gasteiger partial charge in [0, 0.05) is 31.4 Å². The van der Waals surface area contributed by atoms with Gasteiger partial charge in [0.15, 0.2) is 0 Å². The molecule has 1 N–H and O–H groups in total. The van der Waals surface area contributed by atoms with Gasteiger partial charge < -0.3 is 19.9 Å². The van der Waals surface area contributed by atoms with E-state index < -0.39 is 5.60 Å². The van der Waals surface area contributed by atoms with Crippen LogP contribution in [0, 0.1) is 0 Å². The fourth-order valence-electron chi connectivity index (χ4n) is 3.83. The Labute approximate surface area is 161 Å². The highest BCUT2D eigenvalue weighted by Crippen LogP contribution is 2.24. The van der Waals surface area contributed by atoms with Crippen molar-refractivity contribution in [3.05, 3.63) is 30.3 Å². The highest BCUT2D eigenvalue weighted by atomic mass is 16.6. The first-order chi connectivity index (χ1) is 12.8. The monoisotopic (exact) mass is 373 g/mol. The maximum absolute atomic E-state index is 13.1. The molecule has 6 nitrogen and oxygen atoms in total. The zero-order valence-corrected chi connectivity index (χ0v) is 16.6. The quantitative estimate of drug-likeness (QED) is 0.881. The van der Waals surface area contributed by atoms with Crippen LogP contribution < -0.4 is 5.32 Å². The number of benzene rings is 1. The van der Waals surface area contributed by atoms with Crippen LogP contribution in [0.2, 0.25) is 0 Å². The van der Waals surface area contributed by atoms with Crippen LogP contribution in [-0.2, 0) is 9.53 Å². The fourth-order valence-corrected chi connectivity index (χ4v) is 3.83. The second-order valence-electron chi connectivity index (χ2n) is 8.46. The Bertz CT molecular complexity index is 656. The first kappa shape index (κ1) is 19.5. The molecule has 6 heteroatoms. The van der Waals surface area contributed by atoms with E-state index >= 15 is 0 Å². The van der Waals surface area contributed by atoms with Gasteiger partial charge in [0.2, 0.25) is 5.91 Å². The largest absolute Gasteiger partial charge is 0.444 e. The molecule has 148 valence electrons. The maximum atomic E-state index is 13.1. The Balaban J connectivity index is 1.62. The van der Waals surface area contributed by atoms with Crippen LogP contribution in [0.25, 0.3) is 0 Å². The highest BCUT2D eigenvalue weighted by molar-refractivity contribution is 5.85. The fraction of sp³-hybridized carbons (Fsp3) is 0.619. The molecule has 2 heterocycles. The molecule has 27 heavy (non-hydrogen) atoms. The molecule has 2 saturated heterocycles. The van der Waals surface area contributed by atoms with Gasteiger partial charge in [-0.15, -0.1) is 0 Å². The predicted octanol–water partition coefficient (Wildman–Crippen LogP) is 3.49. The van der Waals surface area contributed by atoms with Gasteiger partial charge >= 0.3 is 6.09 Å². The number of ether oxygens (including phenoxy) is 1.